The second kappa shape index (κ2) is 8.03. The average molecular weight is 433 g/mol. The fourth-order valence-corrected chi connectivity index (χ4v) is 6.36. The van der Waals surface area contributed by atoms with Crippen molar-refractivity contribution in [1.29, 1.82) is 0 Å². The van der Waals surface area contributed by atoms with Gasteiger partial charge in [0.05, 0.1) is 13.2 Å². The summed E-state index contributed by atoms with van der Waals surface area (Å²) in [7, 11) is -3.57. The molecule has 30 heavy (non-hydrogen) atoms. The average Bonchev–Trinajstić information content (AvgIpc) is 3.18. The van der Waals surface area contributed by atoms with Crippen molar-refractivity contribution in [3.8, 4) is 0 Å². The number of nitrogens with zero attached hydrogens (tertiary/aromatic N) is 4. The van der Waals surface area contributed by atoms with Crippen LogP contribution in [0.1, 0.15) is 49.0 Å². The number of benzene rings is 1. The first-order chi connectivity index (χ1) is 14.6. The number of aryl methyl sites for hydroxylation is 2. The molecule has 2 aliphatic heterocycles. The van der Waals surface area contributed by atoms with Gasteiger partial charge < -0.3 is 9.26 Å². The maximum Gasteiger partial charge on any atom is 0.282 e. The van der Waals surface area contributed by atoms with Crippen molar-refractivity contribution in [2.75, 3.05) is 32.8 Å². The Morgan fingerprint density at radius 1 is 1.10 bits per heavy atom. The van der Waals surface area contributed by atoms with Crippen molar-refractivity contribution in [1.82, 2.24) is 18.8 Å². The predicted molar refractivity (Wildman–Crippen MR) is 110 cm³/mol. The molecule has 3 fully saturated rings. The van der Waals surface area contributed by atoms with Crippen LogP contribution in [0.2, 0.25) is 0 Å². The number of rotatable bonds is 7. The van der Waals surface area contributed by atoms with Crippen molar-refractivity contribution in [2.45, 2.75) is 44.6 Å². The zero-order valence-electron chi connectivity index (χ0n) is 17.1. The summed E-state index contributed by atoms with van der Waals surface area (Å²) < 4.78 is 40.7. The van der Waals surface area contributed by atoms with Gasteiger partial charge in [0, 0.05) is 26.1 Å². The van der Waals surface area contributed by atoms with E-state index < -0.39 is 10.2 Å². The Morgan fingerprint density at radius 3 is 2.60 bits per heavy atom. The van der Waals surface area contributed by atoms with Crippen LogP contribution in [-0.4, -0.2) is 60.0 Å². The van der Waals surface area contributed by atoms with Crippen molar-refractivity contribution in [3.63, 3.8) is 0 Å². The molecule has 0 radical (unpaired) electrons. The van der Waals surface area contributed by atoms with Gasteiger partial charge in [0.25, 0.3) is 10.2 Å². The largest absolute Gasteiger partial charge is 0.379 e. The summed E-state index contributed by atoms with van der Waals surface area (Å²) >= 11 is 0. The minimum absolute atomic E-state index is 0.0893. The Bertz CT molecular complexity index is 968. The van der Waals surface area contributed by atoms with Crippen LogP contribution < -0.4 is 0 Å². The SMILES string of the molecule is O=S(=O)(N1CCOCC1)N1CC2(CC2)C[C@H]1c1nc(CCCc2ccccc2)no1. The maximum absolute atomic E-state index is 13.3. The lowest BCUT2D eigenvalue weighted by atomic mass is 10.0. The topological polar surface area (TPSA) is 88.8 Å². The Labute approximate surface area is 177 Å². The van der Waals surface area contributed by atoms with Gasteiger partial charge in [-0.15, -0.1) is 0 Å². The molecule has 3 heterocycles. The summed E-state index contributed by atoms with van der Waals surface area (Å²) in [6, 6.07) is 9.96. The van der Waals surface area contributed by atoms with Crippen molar-refractivity contribution < 1.29 is 17.7 Å². The monoisotopic (exact) mass is 432 g/mol. The molecule has 1 saturated carbocycles. The summed E-state index contributed by atoms with van der Waals surface area (Å²) in [5.41, 5.74) is 1.38. The minimum Gasteiger partial charge on any atom is -0.379 e. The molecule has 1 atom stereocenters. The van der Waals surface area contributed by atoms with Gasteiger partial charge in [0.15, 0.2) is 5.82 Å². The molecule has 2 saturated heterocycles. The van der Waals surface area contributed by atoms with Gasteiger partial charge in [-0.1, -0.05) is 35.5 Å². The number of ether oxygens (including phenoxy) is 1. The van der Waals surface area contributed by atoms with E-state index in [4.69, 9.17) is 9.26 Å². The van der Waals surface area contributed by atoms with E-state index in [-0.39, 0.29) is 11.5 Å². The Hall–Kier alpha value is -1.81. The molecule has 0 N–H and O–H groups in total. The molecule has 9 heteroatoms. The Balaban J connectivity index is 1.29. The number of morpholine rings is 1. The van der Waals surface area contributed by atoms with E-state index in [1.54, 1.807) is 4.31 Å². The Kier molecular flexibility index (Phi) is 5.38. The van der Waals surface area contributed by atoms with Gasteiger partial charge in [-0.25, -0.2) is 0 Å². The molecule has 1 aromatic carbocycles. The lowest BCUT2D eigenvalue weighted by Gasteiger charge is -2.31. The second-order valence-corrected chi connectivity index (χ2v) is 10.6. The van der Waals surface area contributed by atoms with E-state index in [0.29, 0.717) is 51.0 Å². The highest BCUT2D eigenvalue weighted by molar-refractivity contribution is 7.86. The van der Waals surface area contributed by atoms with Gasteiger partial charge in [-0.05, 0) is 43.1 Å². The highest BCUT2D eigenvalue weighted by Gasteiger charge is 2.57. The predicted octanol–water partition coefficient (Wildman–Crippen LogP) is 2.35. The first-order valence-electron chi connectivity index (χ1n) is 10.8. The van der Waals surface area contributed by atoms with E-state index in [1.165, 1.54) is 9.87 Å². The van der Waals surface area contributed by atoms with Gasteiger partial charge in [0.2, 0.25) is 5.89 Å². The fraction of sp³-hybridized carbons (Fsp3) is 0.619. The van der Waals surface area contributed by atoms with Crippen LogP contribution in [0.4, 0.5) is 0 Å². The van der Waals surface area contributed by atoms with E-state index >= 15 is 0 Å². The van der Waals surface area contributed by atoms with Crippen LogP contribution in [0, 0.1) is 5.41 Å². The van der Waals surface area contributed by atoms with Gasteiger partial charge >= 0.3 is 0 Å². The van der Waals surface area contributed by atoms with Crippen LogP contribution in [0.25, 0.3) is 0 Å². The van der Waals surface area contributed by atoms with Gasteiger partial charge in [-0.3, -0.25) is 0 Å². The molecule has 0 bridgehead atoms. The first kappa shape index (κ1) is 20.1. The highest BCUT2D eigenvalue weighted by Crippen LogP contribution is 2.59. The third kappa shape index (κ3) is 4.03. The van der Waals surface area contributed by atoms with Crippen LogP contribution in [0.5, 0.6) is 0 Å². The van der Waals surface area contributed by atoms with Crippen molar-refractivity contribution in [3.05, 3.63) is 47.6 Å². The third-order valence-electron chi connectivity index (χ3n) is 6.49. The molecule has 1 aromatic heterocycles. The van der Waals surface area contributed by atoms with E-state index in [2.05, 4.69) is 22.3 Å². The second-order valence-electron chi connectivity index (χ2n) is 8.67. The van der Waals surface area contributed by atoms with E-state index in [9.17, 15) is 8.42 Å². The van der Waals surface area contributed by atoms with Crippen LogP contribution in [-0.2, 0) is 27.8 Å². The van der Waals surface area contributed by atoms with E-state index in [0.717, 1.165) is 32.1 Å². The molecule has 0 amide bonds. The van der Waals surface area contributed by atoms with Crippen LogP contribution in [0.3, 0.4) is 0 Å². The molecule has 1 aliphatic carbocycles. The van der Waals surface area contributed by atoms with Crippen molar-refractivity contribution in [2.24, 2.45) is 5.41 Å². The summed E-state index contributed by atoms with van der Waals surface area (Å²) in [6.45, 7) is 2.22. The highest BCUT2D eigenvalue weighted by atomic mass is 32.2. The molecule has 0 unspecified atom stereocenters. The fourth-order valence-electron chi connectivity index (χ4n) is 4.53. The molecule has 162 valence electrons. The lowest BCUT2D eigenvalue weighted by molar-refractivity contribution is 0.0695. The van der Waals surface area contributed by atoms with Gasteiger partial charge in [0.1, 0.15) is 6.04 Å². The summed E-state index contributed by atoms with van der Waals surface area (Å²) in [6.07, 6.45) is 5.49. The number of hydrogen-bond donors (Lipinski definition) is 0. The molecule has 3 aliphatic rings. The van der Waals surface area contributed by atoms with Crippen LogP contribution in [0.15, 0.2) is 34.9 Å². The maximum atomic E-state index is 13.3. The summed E-state index contributed by atoms with van der Waals surface area (Å²) in [4.78, 5) is 4.60. The molecule has 5 rings (SSSR count). The zero-order valence-corrected chi connectivity index (χ0v) is 17.9. The van der Waals surface area contributed by atoms with Crippen molar-refractivity contribution >= 4 is 10.2 Å². The summed E-state index contributed by atoms with van der Waals surface area (Å²) in [5.74, 6) is 1.09. The third-order valence-corrected chi connectivity index (χ3v) is 8.49. The molecular formula is C21H28N4O4S. The zero-order chi connectivity index (χ0) is 20.6. The Morgan fingerprint density at radius 2 is 1.87 bits per heavy atom. The first-order valence-corrected chi connectivity index (χ1v) is 12.2. The van der Waals surface area contributed by atoms with E-state index in [1.807, 2.05) is 18.2 Å². The molecular weight excluding hydrogens is 404 g/mol. The quantitative estimate of drug-likeness (QED) is 0.667. The number of hydrogen-bond acceptors (Lipinski definition) is 6. The summed E-state index contributed by atoms with van der Waals surface area (Å²) in [5, 5.41) is 4.15. The lowest BCUT2D eigenvalue weighted by Crippen LogP contribution is -2.48. The number of aromatic nitrogens is 2. The van der Waals surface area contributed by atoms with Gasteiger partial charge in [-0.2, -0.15) is 22.0 Å². The molecule has 8 nitrogen and oxygen atoms in total. The normalized spacial score (nSPS) is 24.5. The van der Waals surface area contributed by atoms with Crippen LogP contribution >= 0.6 is 0 Å². The standard InChI is InChI=1S/C21H28N4O4S/c26-30(27,24-11-13-28-14-12-24)25-16-21(9-10-21)15-18(25)20-22-19(23-29-20)8-4-7-17-5-2-1-3-6-17/h1-3,5-6,18H,4,7-16H2/t18-/m0/s1. The molecule has 2 aromatic rings. The molecule has 1 spiro atoms. The smallest absolute Gasteiger partial charge is 0.282 e. The minimum atomic E-state index is -3.57.